The molecule has 0 radical (unpaired) electrons. The molecule has 2 aromatic carbocycles. The van der Waals surface area contributed by atoms with Crippen LogP contribution in [0.5, 0.6) is 0 Å². The number of hydrogen-bond donors (Lipinski definition) is 4. The van der Waals surface area contributed by atoms with Crippen LogP contribution in [0.4, 0.5) is 5.13 Å². The predicted octanol–water partition coefficient (Wildman–Crippen LogP) is 4.74. The summed E-state index contributed by atoms with van der Waals surface area (Å²) >= 11 is 1.61. The molecule has 0 bridgehead atoms. The van der Waals surface area contributed by atoms with Gasteiger partial charge in [-0.15, -0.1) is 0 Å². The SMILES string of the molecule is O=P(O)(O)c1ccc(-c2cccc(-c3cccc4nc(NC5CCC(O)CC5)sc34)c2)o1. The predicted molar refractivity (Wildman–Crippen MR) is 126 cm³/mol. The number of benzene rings is 2. The van der Waals surface area contributed by atoms with Gasteiger partial charge in [0.05, 0.1) is 16.3 Å². The highest BCUT2D eigenvalue weighted by Gasteiger charge is 2.23. The highest BCUT2D eigenvalue weighted by molar-refractivity contribution is 7.59. The standard InChI is InChI=1S/C23H23N2O5PS/c26-17-9-7-16(8-10-17)24-23-25-19-6-2-5-18(22(19)32-23)14-3-1-4-15(13-14)20-11-12-21(30-20)31(27,28)29/h1-6,11-13,16-17,26H,7-10H2,(H,24,25)(H2,27,28,29). The van der Waals surface area contributed by atoms with Crippen LogP contribution in [0, 0.1) is 0 Å². The fourth-order valence-electron chi connectivity index (χ4n) is 4.11. The lowest BCUT2D eigenvalue weighted by atomic mass is 9.93. The molecule has 1 aliphatic carbocycles. The molecule has 1 fully saturated rings. The Hall–Kier alpha value is -2.48. The largest absolute Gasteiger partial charge is 0.448 e. The molecule has 4 N–H and O–H groups in total. The maximum atomic E-state index is 11.5. The van der Waals surface area contributed by atoms with Crippen LogP contribution in [0.15, 0.2) is 59.0 Å². The summed E-state index contributed by atoms with van der Waals surface area (Å²) in [6.45, 7) is 0. The van der Waals surface area contributed by atoms with Gasteiger partial charge in [-0.25, -0.2) is 4.98 Å². The second-order valence-electron chi connectivity index (χ2n) is 8.09. The van der Waals surface area contributed by atoms with E-state index in [9.17, 15) is 19.5 Å². The van der Waals surface area contributed by atoms with Crippen LogP contribution < -0.4 is 10.8 Å². The molecule has 2 aromatic heterocycles. The number of anilines is 1. The molecule has 0 atom stereocenters. The first kappa shape index (κ1) is 21.4. The number of rotatable bonds is 5. The van der Waals surface area contributed by atoms with Crippen molar-refractivity contribution in [2.24, 2.45) is 0 Å². The van der Waals surface area contributed by atoms with Crippen molar-refractivity contribution < 1.29 is 23.9 Å². The van der Waals surface area contributed by atoms with Gasteiger partial charge >= 0.3 is 7.60 Å². The summed E-state index contributed by atoms with van der Waals surface area (Å²) in [6.07, 6.45) is 3.32. The Balaban J connectivity index is 1.46. The zero-order valence-electron chi connectivity index (χ0n) is 17.1. The summed E-state index contributed by atoms with van der Waals surface area (Å²) in [5.41, 5.74) is 3.32. The van der Waals surface area contributed by atoms with Crippen LogP contribution in [-0.4, -0.2) is 32.0 Å². The first-order chi connectivity index (χ1) is 15.4. The van der Waals surface area contributed by atoms with Crippen molar-refractivity contribution in [1.29, 1.82) is 0 Å². The number of aromatic nitrogens is 1. The molecule has 0 spiro atoms. The summed E-state index contributed by atoms with van der Waals surface area (Å²) in [5.74, 6) is 0.406. The molecule has 32 heavy (non-hydrogen) atoms. The van der Waals surface area contributed by atoms with Gasteiger partial charge in [-0.3, -0.25) is 4.57 Å². The highest BCUT2D eigenvalue weighted by atomic mass is 32.1. The maximum absolute atomic E-state index is 11.5. The van der Waals surface area contributed by atoms with Crippen LogP contribution in [0.3, 0.4) is 0 Å². The van der Waals surface area contributed by atoms with Gasteiger partial charge in [0.2, 0.25) is 5.50 Å². The average Bonchev–Trinajstić information content (AvgIpc) is 3.42. The van der Waals surface area contributed by atoms with Crippen molar-refractivity contribution in [3.8, 4) is 22.5 Å². The Morgan fingerprint density at radius 2 is 1.75 bits per heavy atom. The van der Waals surface area contributed by atoms with Crippen molar-refractivity contribution in [1.82, 2.24) is 4.98 Å². The lowest BCUT2D eigenvalue weighted by Crippen LogP contribution is -2.28. The number of fused-ring (bicyclic) bond motifs is 1. The van der Waals surface area contributed by atoms with Gasteiger partial charge in [-0.05, 0) is 55.5 Å². The quantitative estimate of drug-likeness (QED) is 0.311. The Kier molecular flexibility index (Phi) is 5.65. The van der Waals surface area contributed by atoms with E-state index >= 15 is 0 Å². The number of furan rings is 1. The van der Waals surface area contributed by atoms with E-state index in [2.05, 4.69) is 5.32 Å². The molecule has 1 saturated carbocycles. The maximum Gasteiger partial charge on any atom is 0.391 e. The second-order valence-corrected chi connectivity index (χ2v) is 10.6. The summed E-state index contributed by atoms with van der Waals surface area (Å²) < 4.78 is 17.9. The molecule has 7 nitrogen and oxygen atoms in total. The van der Waals surface area contributed by atoms with Gasteiger partial charge in [-0.2, -0.15) is 0 Å². The van der Waals surface area contributed by atoms with Gasteiger partial charge in [0, 0.05) is 17.2 Å². The van der Waals surface area contributed by atoms with Crippen molar-refractivity contribution in [2.45, 2.75) is 37.8 Å². The van der Waals surface area contributed by atoms with Crippen LogP contribution in [0.2, 0.25) is 0 Å². The van der Waals surface area contributed by atoms with Crippen molar-refractivity contribution in [3.63, 3.8) is 0 Å². The van der Waals surface area contributed by atoms with E-state index in [1.165, 1.54) is 6.07 Å². The Morgan fingerprint density at radius 1 is 1.00 bits per heavy atom. The van der Waals surface area contributed by atoms with Crippen molar-refractivity contribution >= 4 is 39.8 Å². The van der Waals surface area contributed by atoms with Crippen molar-refractivity contribution in [2.75, 3.05) is 5.32 Å². The van der Waals surface area contributed by atoms with E-state index in [1.807, 2.05) is 42.5 Å². The molecule has 1 aliphatic rings. The third-order valence-corrected chi connectivity index (χ3v) is 7.63. The van der Waals surface area contributed by atoms with E-state index in [0.717, 1.165) is 57.7 Å². The minimum atomic E-state index is -4.43. The third kappa shape index (κ3) is 4.37. The van der Waals surface area contributed by atoms with Crippen LogP contribution >= 0.6 is 18.9 Å². The van der Waals surface area contributed by atoms with Crippen molar-refractivity contribution in [3.05, 3.63) is 54.6 Å². The number of aliphatic hydroxyl groups is 1. The average molecular weight is 470 g/mol. The number of thiazole rings is 1. The molecular weight excluding hydrogens is 447 g/mol. The normalized spacial score (nSPS) is 19.3. The highest BCUT2D eigenvalue weighted by Crippen LogP contribution is 2.39. The minimum absolute atomic E-state index is 0.186. The molecule has 2 heterocycles. The summed E-state index contributed by atoms with van der Waals surface area (Å²) in [6, 6.07) is 16.9. The van der Waals surface area contributed by atoms with E-state index in [0.29, 0.717) is 11.8 Å². The fourth-order valence-corrected chi connectivity index (χ4v) is 5.68. The van der Waals surface area contributed by atoms with E-state index in [-0.39, 0.29) is 11.6 Å². The molecule has 5 rings (SSSR count). The van der Waals surface area contributed by atoms with Gasteiger partial charge < -0.3 is 24.6 Å². The molecule has 4 aromatic rings. The fraction of sp³-hybridized carbons (Fsp3) is 0.261. The Bertz CT molecular complexity index is 1300. The molecule has 0 unspecified atom stereocenters. The zero-order chi connectivity index (χ0) is 22.3. The Morgan fingerprint density at radius 3 is 2.50 bits per heavy atom. The van der Waals surface area contributed by atoms with E-state index in [1.54, 1.807) is 17.4 Å². The first-order valence-electron chi connectivity index (χ1n) is 10.5. The molecular formula is C23H23N2O5PS. The number of nitrogens with one attached hydrogen (secondary N) is 1. The zero-order valence-corrected chi connectivity index (χ0v) is 18.9. The van der Waals surface area contributed by atoms with Crippen LogP contribution in [0.1, 0.15) is 25.7 Å². The van der Waals surface area contributed by atoms with Gasteiger partial charge in [0.25, 0.3) is 0 Å². The monoisotopic (exact) mass is 470 g/mol. The molecule has 0 saturated heterocycles. The lowest BCUT2D eigenvalue weighted by Gasteiger charge is -2.25. The molecule has 0 aliphatic heterocycles. The summed E-state index contributed by atoms with van der Waals surface area (Å²) in [4.78, 5) is 23.4. The topological polar surface area (TPSA) is 116 Å². The number of nitrogens with zero attached hydrogens (tertiary/aromatic N) is 1. The van der Waals surface area contributed by atoms with Crippen LogP contribution in [0.25, 0.3) is 32.7 Å². The third-order valence-electron chi connectivity index (χ3n) is 5.78. The van der Waals surface area contributed by atoms with Crippen LogP contribution in [-0.2, 0) is 4.57 Å². The van der Waals surface area contributed by atoms with Gasteiger partial charge in [0.15, 0.2) is 5.13 Å². The number of aliphatic hydroxyl groups excluding tert-OH is 1. The van der Waals surface area contributed by atoms with E-state index < -0.39 is 7.60 Å². The summed E-state index contributed by atoms with van der Waals surface area (Å²) in [7, 11) is -4.43. The smallest absolute Gasteiger partial charge is 0.391 e. The molecule has 166 valence electrons. The van der Waals surface area contributed by atoms with Gasteiger partial charge in [0.1, 0.15) is 5.76 Å². The minimum Gasteiger partial charge on any atom is -0.448 e. The first-order valence-corrected chi connectivity index (χ1v) is 12.9. The Labute approximate surface area is 188 Å². The molecule has 9 heteroatoms. The molecule has 0 amide bonds. The summed E-state index contributed by atoms with van der Waals surface area (Å²) in [5, 5.41) is 14.1. The van der Waals surface area contributed by atoms with Gasteiger partial charge in [-0.1, -0.05) is 41.7 Å². The second kappa shape index (κ2) is 8.46. The van der Waals surface area contributed by atoms with E-state index in [4.69, 9.17) is 9.40 Å². The number of hydrogen-bond acceptors (Lipinski definition) is 6. The lowest BCUT2D eigenvalue weighted by molar-refractivity contribution is 0.126.